The molecule has 0 heterocycles. The van der Waals surface area contributed by atoms with Crippen molar-refractivity contribution in [3.8, 4) is 11.5 Å². The van der Waals surface area contributed by atoms with E-state index in [4.69, 9.17) is 0 Å². The molecule has 0 aromatic rings. The van der Waals surface area contributed by atoms with Crippen molar-refractivity contribution < 1.29 is 0 Å². The Labute approximate surface area is 117 Å². The van der Waals surface area contributed by atoms with Gasteiger partial charge in [-0.25, -0.2) is 0 Å². The highest BCUT2D eigenvalue weighted by Crippen LogP contribution is 2.27. The fourth-order valence-corrected chi connectivity index (χ4v) is 3.22. The van der Waals surface area contributed by atoms with Crippen LogP contribution in [0.25, 0.3) is 0 Å². The van der Waals surface area contributed by atoms with Crippen molar-refractivity contribution in [1.82, 2.24) is 0 Å². The number of halogens is 1. The van der Waals surface area contributed by atoms with Crippen LogP contribution >= 0.6 is 22.6 Å². The summed E-state index contributed by atoms with van der Waals surface area (Å²) in [6.45, 7) is 16.4. The van der Waals surface area contributed by atoms with E-state index in [1.54, 1.807) is 3.20 Å². The molecule has 16 heavy (non-hydrogen) atoms. The zero-order valence-electron chi connectivity index (χ0n) is 11.8. The van der Waals surface area contributed by atoms with E-state index in [2.05, 4.69) is 80.3 Å². The average Bonchev–Trinajstić information content (AvgIpc) is 2.08. The zero-order chi connectivity index (χ0) is 13.0. The Hall–Kier alpha value is 0.464. The number of hydrogen-bond donors (Lipinski definition) is 0. The number of rotatable bonds is 3. The van der Waals surface area contributed by atoms with Gasteiger partial charge in [0, 0.05) is 5.57 Å². The molecule has 0 saturated heterocycles. The van der Waals surface area contributed by atoms with E-state index in [1.807, 2.05) is 0 Å². The highest BCUT2D eigenvalue weighted by molar-refractivity contribution is 14.1. The monoisotopic (exact) mass is 364 g/mol. The van der Waals surface area contributed by atoms with Gasteiger partial charge in [-0.1, -0.05) is 81.1 Å². The van der Waals surface area contributed by atoms with Gasteiger partial charge in [0.05, 0.1) is 8.07 Å². The highest BCUT2D eigenvalue weighted by atomic mass is 127. The lowest BCUT2D eigenvalue weighted by molar-refractivity contribution is 0.933. The van der Waals surface area contributed by atoms with Gasteiger partial charge in [-0.05, 0) is 9.62 Å². The maximum atomic E-state index is 3.51. The molecule has 0 aromatic heterocycles. The summed E-state index contributed by atoms with van der Waals surface area (Å²) in [7, 11) is -2.42. The van der Waals surface area contributed by atoms with E-state index >= 15 is 0 Å². The van der Waals surface area contributed by atoms with E-state index in [0.29, 0.717) is 0 Å². The molecule has 0 unspecified atom stereocenters. The first-order valence-corrected chi connectivity index (χ1v) is 14.1. The maximum Gasteiger partial charge on any atom is 0.129 e. The SMILES string of the molecule is CCCC(C#C[Si](C)(C)C)=C(I)[Si](C)(C)C. The van der Waals surface area contributed by atoms with Crippen LogP contribution in [0.15, 0.2) is 8.78 Å². The van der Waals surface area contributed by atoms with Crippen molar-refractivity contribution in [2.75, 3.05) is 0 Å². The first-order chi connectivity index (χ1) is 7.08. The Balaban J connectivity index is 5.23. The summed E-state index contributed by atoms with van der Waals surface area (Å²) in [6.07, 6.45) is 2.35. The van der Waals surface area contributed by atoms with Gasteiger partial charge in [-0.15, -0.1) is 5.54 Å². The molecule has 92 valence electrons. The molecule has 0 spiro atoms. The van der Waals surface area contributed by atoms with Gasteiger partial charge < -0.3 is 0 Å². The van der Waals surface area contributed by atoms with E-state index in [1.165, 1.54) is 12.0 Å². The molecule has 0 nitrogen and oxygen atoms in total. The van der Waals surface area contributed by atoms with Crippen molar-refractivity contribution >= 4 is 38.7 Å². The predicted molar refractivity (Wildman–Crippen MR) is 90.4 cm³/mol. The second-order valence-electron chi connectivity index (χ2n) is 6.29. The molecule has 0 N–H and O–H groups in total. The Morgan fingerprint density at radius 1 is 1.06 bits per heavy atom. The summed E-state index contributed by atoms with van der Waals surface area (Å²) < 4.78 is 1.57. The lowest BCUT2D eigenvalue weighted by Crippen LogP contribution is -2.22. The summed E-state index contributed by atoms with van der Waals surface area (Å²) in [6, 6.07) is 0. The summed E-state index contributed by atoms with van der Waals surface area (Å²) in [5, 5.41) is 0. The van der Waals surface area contributed by atoms with E-state index < -0.39 is 16.1 Å². The third-order valence-corrected chi connectivity index (χ3v) is 10.0. The standard InChI is InChI=1S/C13H25ISi2/c1-8-9-12(10-11-15(2,3)4)13(14)16(5,6)7/h8-9H2,1-7H3. The van der Waals surface area contributed by atoms with Crippen LogP contribution in [0.4, 0.5) is 0 Å². The minimum absolute atomic E-state index is 1.15. The van der Waals surface area contributed by atoms with Crippen LogP contribution in [0.3, 0.4) is 0 Å². The molecule has 0 rings (SSSR count). The molecule has 0 atom stereocenters. The molecule has 0 radical (unpaired) electrons. The fraction of sp³-hybridized carbons (Fsp3) is 0.692. The van der Waals surface area contributed by atoms with Gasteiger partial charge in [0.1, 0.15) is 8.07 Å². The van der Waals surface area contributed by atoms with Crippen LogP contribution in [-0.4, -0.2) is 16.1 Å². The molecule has 0 amide bonds. The highest BCUT2D eigenvalue weighted by Gasteiger charge is 2.20. The zero-order valence-corrected chi connectivity index (χ0v) is 15.9. The van der Waals surface area contributed by atoms with Crippen LogP contribution in [0.5, 0.6) is 0 Å². The third kappa shape index (κ3) is 6.92. The lowest BCUT2D eigenvalue weighted by Gasteiger charge is -2.18. The Morgan fingerprint density at radius 2 is 1.56 bits per heavy atom. The number of allylic oxidation sites excluding steroid dienone is 1. The topological polar surface area (TPSA) is 0 Å². The van der Waals surface area contributed by atoms with E-state index in [-0.39, 0.29) is 0 Å². The molecular weight excluding hydrogens is 339 g/mol. The normalized spacial score (nSPS) is 14.0. The smallest absolute Gasteiger partial charge is 0.127 e. The number of hydrogen-bond acceptors (Lipinski definition) is 0. The molecule has 0 fully saturated rings. The second-order valence-corrected chi connectivity index (χ2v) is 18.1. The van der Waals surface area contributed by atoms with Gasteiger partial charge in [0.15, 0.2) is 0 Å². The minimum Gasteiger partial charge on any atom is -0.127 e. The molecule has 0 aromatic carbocycles. The molecule has 0 saturated carbocycles. The molecule has 0 aliphatic rings. The molecule has 0 aliphatic heterocycles. The fourth-order valence-electron chi connectivity index (χ4n) is 1.19. The molecule has 0 bridgehead atoms. The first kappa shape index (κ1) is 16.5. The molecule has 0 aliphatic carbocycles. The molecule has 3 heteroatoms. The van der Waals surface area contributed by atoms with Gasteiger partial charge in [-0.2, -0.15) is 0 Å². The van der Waals surface area contributed by atoms with Crippen molar-refractivity contribution in [2.24, 2.45) is 0 Å². The summed E-state index contributed by atoms with van der Waals surface area (Å²) in [5.74, 6) is 3.49. The van der Waals surface area contributed by atoms with Crippen molar-refractivity contribution in [1.29, 1.82) is 0 Å². The van der Waals surface area contributed by atoms with Crippen molar-refractivity contribution in [3.05, 3.63) is 8.78 Å². The van der Waals surface area contributed by atoms with Crippen molar-refractivity contribution in [3.63, 3.8) is 0 Å². The van der Waals surface area contributed by atoms with E-state index in [9.17, 15) is 0 Å². The largest absolute Gasteiger partial charge is 0.129 e. The van der Waals surface area contributed by atoms with Gasteiger partial charge in [-0.3, -0.25) is 0 Å². The Morgan fingerprint density at radius 3 is 1.88 bits per heavy atom. The van der Waals surface area contributed by atoms with Crippen LogP contribution in [0.2, 0.25) is 39.3 Å². The molecular formula is C13H25ISi2. The summed E-state index contributed by atoms with van der Waals surface area (Å²) in [5.41, 5.74) is 4.93. The van der Waals surface area contributed by atoms with Crippen LogP contribution < -0.4 is 0 Å². The quantitative estimate of drug-likeness (QED) is 0.365. The lowest BCUT2D eigenvalue weighted by atomic mass is 10.2. The van der Waals surface area contributed by atoms with Gasteiger partial charge in [0.2, 0.25) is 0 Å². The minimum atomic E-state index is -1.24. The Kier molecular flexibility index (Phi) is 6.60. The third-order valence-electron chi connectivity index (χ3n) is 2.01. The first-order valence-electron chi connectivity index (χ1n) is 6.00. The maximum absolute atomic E-state index is 3.51. The van der Waals surface area contributed by atoms with E-state index in [0.717, 1.165) is 6.42 Å². The second kappa shape index (κ2) is 6.41. The average molecular weight is 364 g/mol. The van der Waals surface area contributed by atoms with Crippen LogP contribution in [-0.2, 0) is 0 Å². The van der Waals surface area contributed by atoms with Crippen LogP contribution in [0.1, 0.15) is 19.8 Å². The van der Waals surface area contributed by atoms with Gasteiger partial charge >= 0.3 is 0 Å². The predicted octanol–water partition coefficient (Wildman–Crippen LogP) is 5.23. The Bertz CT molecular complexity index is 319. The van der Waals surface area contributed by atoms with Crippen molar-refractivity contribution in [2.45, 2.75) is 59.0 Å². The van der Waals surface area contributed by atoms with Gasteiger partial charge in [0.25, 0.3) is 0 Å². The summed E-state index contributed by atoms with van der Waals surface area (Å²) >= 11 is 2.54. The summed E-state index contributed by atoms with van der Waals surface area (Å²) in [4.78, 5) is 0. The van der Waals surface area contributed by atoms with Crippen LogP contribution in [0, 0.1) is 11.5 Å².